The molecule has 0 radical (unpaired) electrons. The molecule has 6 nitrogen and oxygen atoms in total. The van der Waals surface area contributed by atoms with Gasteiger partial charge in [0.15, 0.2) is 11.7 Å². The number of oxazole rings is 1. The quantitative estimate of drug-likeness (QED) is 0.862. The van der Waals surface area contributed by atoms with Crippen LogP contribution in [0.5, 0.6) is 0 Å². The molecule has 3 heterocycles. The van der Waals surface area contributed by atoms with Crippen molar-refractivity contribution in [3.8, 4) is 10.6 Å². The van der Waals surface area contributed by atoms with E-state index < -0.39 is 10.0 Å². The van der Waals surface area contributed by atoms with Crippen LogP contribution < -0.4 is 0 Å². The van der Waals surface area contributed by atoms with E-state index in [0.29, 0.717) is 42.2 Å². The first-order chi connectivity index (χ1) is 9.57. The number of nitrogens with zero attached hydrogens (tertiary/aromatic N) is 2. The summed E-state index contributed by atoms with van der Waals surface area (Å²) < 4.78 is 37.3. The summed E-state index contributed by atoms with van der Waals surface area (Å²) in [5.74, 6) is 1.15. The average Bonchev–Trinajstić information content (AvgIpc) is 3.08. The van der Waals surface area contributed by atoms with Gasteiger partial charge in [0.1, 0.15) is 4.21 Å². The zero-order valence-electron chi connectivity index (χ0n) is 10.9. The Morgan fingerprint density at radius 2 is 2.05 bits per heavy atom. The molecule has 108 valence electrons. The van der Waals surface area contributed by atoms with Gasteiger partial charge in [-0.15, -0.1) is 11.3 Å². The molecular weight excluding hydrogens is 300 g/mol. The summed E-state index contributed by atoms with van der Waals surface area (Å²) in [4.78, 5) is 4.78. The number of aryl methyl sites for hydroxylation is 1. The summed E-state index contributed by atoms with van der Waals surface area (Å²) in [6.45, 7) is 3.44. The predicted octanol–water partition coefficient (Wildman–Crippen LogP) is 1.73. The van der Waals surface area contributed by atoms with Crippen molar-refractivity contribution in [1.29, 1.82) is 0 Å². The molecule has 0 aliphatic carbocycles. The molecule has 2 aromatic rings. The average molecular weight is 314 g/mol. The molecule has 0 aromatic carbocycles. The topological polar surface area (TPSA) is 72.6 Å². The Morgan fingerprint density at radius 1 is 1.30 bits per heavy atom. The van der Waals surface area contributed by atoms with Gasteiger partial charge >= 0.3 is 0 Å². The van der Waals surface area contributed by atoms with E-state index in [1.807, 2.05) is 0 Å². The summed E-state index contributed by atoms with van der Waals surface area (Å²) in [6.07, 6.45) is 1.60. The van der Waals surface area contributed by atoms with Crippen LogP contribution in [0.3, 0.4) is 0 Å². The van der Waals surface area contributed by atoms with Crippen molar-refractivity contribution in [3.63, 3.8) is 0 Å². The molecule has 20 heavy (non-hydrogen) atoms. The fourth-order valence-electron chi connectivity index (χ4n) is 1.98. The van der Waals surface area contributed by atoms with E-state index >= 15 is 0 Å². The van der Waals surface area contributed by atoms with Gasteiger partial charge in [0.25, 0.3) is 10.0 Å². The van der Waals surface area contributed by atoms with Gasteiger partial charge in [-0.25, -0.2) is 13.4 Å². The largest absolute Gasteiger partial charge is 0.440 e. The monoisotopic (exact) mass is 314 g/mol. The molecule has 0 spiro atoms. The van der Waals surface area contributed by atoms with Crippen LogP contribution in [0, 0.1) is 6.92 Å². The van der Waals surface area contributed by atoms with Gasteiger partial charge in [-0.05, 0) is 12.1 Å². The van der Waals surface area contributed by atoms with Crippen LogP contribution in [-0.4, -0.2) is 44.0 Å². The maximum atomic E-state index is 12.5. The highest BCUT2D eigenvalue weighted by Gasteiger charge is 2.28. The maximum Gasteiger partial charge on any atom is 0.252 e. The smallest absolute Gasteiger partial charge is 0.252 e. The fraction of sp³-hybridized carbons (Fsp3) is 0.417. The minimum absolute atomic E-state index is 0.323. The van der Waals surface area contributed by atoms with E-state index in [1.165, 1.54) is 15.6 Å². The highest BCUT2D eigenvalue weighted by atomic mass is 32.2. The number of rotatable bonds is 3. The van der Waals surface area contributed by atoms with E-state index in [0.717, 1.165) is 4.88 Å². The second-order valence-electron chi connectivity index (χ2n) is 4.38. The number of aromatic nitrogens is 1. The van der Waals surface area contributed by atoms with Crippen LogP contribution in [0.4, 0.5) is 0 Å². The lowest BCUT2D eigenvalue weighted by molar-refractivity contribution is 0.0731. The summed E-state index contributed by atoms with van der Waals surface area (Å²) in [5.41, 5.74) is 0. The molecule has 2 aromatic heterocycles. The summed E-state index contributed by atoms with van der Waals surface area (Å²) in [7, 11) is -3.43. The second kappa shape index (κ2) is 5.28. The van der Waals surface area contributed by atoms with Crippen LogP contribution in [-0.2, 0) is 14.8 Å². The molecule has 3 rings (SSSR count). The molecule has 0 saturated carbocycles. The lowest BCUT2D eigenvalue weighted by Crippen LogP contribution is -2.40. The van der Waals surface area contributed by atoms with Crippen LogP contribution >= 0.6 is 11.3 Å². The SMILES string of the molecule is Cc1ncc(-c2ccc(S(=O)(=O)N3CCOCC3)s2)o1. The molecule has 0 amide bonds. The predicted molar refractivity (Wildman–Crippen MR) is 74.1 cm³/mol. The van der Waals surface area contributed by atoms with Crippen LogP contribution in [0.2, 0.25) is 0 Å². The van der Waals surface area contributed by atoms with Crippen molar-refractivity contribution in [2.45, 2.75) is 11.1 Å². The van der Waals surface area contributed by atoms with Crippen molar-refractivity contribution in [2.75, 3.05) is 26.3 Å². The Hall–Kier alpha value is -1.22. The van der Waals surface area contributed by atoms with Gasteiger partial charge in [-0.1, -0.05) is 0 Å². The molecule has 1 fully saturated rings. The third-order valence-electron chi connectivity index (χ3n) is 3.01. The molecule has 0 N–H and O–H groups in total. The van der Waals surface area contributed by atoms with E-state index in [4.69, 9.17) is 9.15 Å². The maximum absolute atomic E-state index is 12.5. The van der Waals surface area contributed by atoms with E-state index in [1.54, 1.807) is 25.3 Å². The third-order valence-corrected chi connectivity index (χ3v) is 6.48. The molecule has 0 atom stereocenters. The zero-order chi connectivity index (χ0) is 14.2. The normalized spacial score (nSPS) is 17.4. The molecule has 0 bridgehead atoms. The van der Waals surface area contributed by atoms with Gasteiger partial charge in [-0.2, -0.15) is 4.31 Å². The molecule has 8 heteroatoms. The Kier molecular flexibility index (Phi) is 3.63. The number of sulfonamides is 1. The van der Waals surface area contributed by atoms with Crippen molar-refractivity contribution in [1.82, 2.24) is 9.29 Å². The molecular formula is C12H14N2O4S2. The van der Waals surface area contributed by atoms with Crippen LogP contribution in [0.25, 0.3) is 10.6 Å². The fourth-order valence-corrected chi connectivity index (χ4v) is 4.80. The Bertz CT molecular complexity index is 699. The number of ether oxygens (including phenoxy) is 1. The van der Waals surface area contributed by atoms with Crippen molar-refractivity contribution >= 4 is 21.4 Å². The Morgan fingerprint density at radius 3 is 2.70 bits per heavy atom. The Balaban J connectivity index is 1.89. The van der Waals surface area contributed by atoms with Crippen LogP contribution in [0.1, 0.15) is 5.89 Å². The van der Waals surface area contributed by atoms with Gasteiger partial charge < -0.3 is 9.15 Å². The minimum atomic E-state index is -3.43. The summed E-state index contributed by atoms with van der Waals surface area (Å²) >= 11 is 1.20. The second-order valence-corrected chi connectivity index (χ2v) is 7.63. The number of hydrogen-bond acceptors (Lipinski definition) is 6. The number of thiophene rings is 1. The first kappa shape index (κ1) is 13.7. The Labute approximate surface area is 121 Å². The van der Waals surface area contributed by atoms with E-state index in [2.05, 4.69) is 4.98 Å². The van der Waals surface area contributed by atoms with Gasteiger partial charge in [0, 0.05) is 20.0 Å². The van der Waals surface area contributed by atoms with Gasteiger partial charge in [0.2, 0.25) is 0 Å². The van der Waals surface area contributed by atoms with Crippen molar-refractivity contribution in [3.05, 3.63) is 24.2 Å². The highest BCUT2D eigenvalue weighted by Crippen LogP contribution is 2.32. The van der Waals surface area contributed by atoms with Crippen molar-refractivity contribution < 1.29 is 17.6 Å². The lowest BCUT2D eigenvalue weighted by Gasteiger charge is -2.25. The van der Waals surface area contributed by atoms with Gasteiger partial charge in [-0.3, -0.25) is 0 Å². The molecule has 0 unspecified atom stereocenters. The molecule has 1 aliphatic heterocycles. The summed E-state index contributed by atoms with van der Waals surface area (Å²) in [5, 5.41) is 0. The molecule has 1 saturated heterocycles. The standard InChI is InChI=1S/C12H14N2O4S2/c1-9-13-8-10(18-9)11-2-3-12(19-11)20(15,16)14-4-6-17-7-5-14/h2-3,8H,4-7H2,1H3. The zero-order valence-corrected chi connectivity index (χ0v) is 12.5. The molecule has 1 aliphatic rings. The highest BCUT2D eigenvalue weighted by molar-refractivity contribution is 7.91. The van der Waals surface area contributed by atoms with Crippen LogP contribution in [0.15, 0.2) is 27.0 Å². The first-order valence-electron chi connectivity index (χ1n) is 6.18. The minimum Gasteiger partial charge on any atom is -0.440 e. The van der Waals surface area contributed by atoms with E-state index in [-0.39, 0.29) is 0 Å². The number of hydrogen-bond donors (Lipinski definition) is 0. The third kappa shape index (κ3) is 2.51. The first-order valence-corrected chi connectivity index (χ1v) is 8.43. The lowest BCUT2D eigenvalue weighted by atomic mass is 10.4. The van der Waals surface area contributed by atoms with Crippen molar-refractivity contribution in [2.24, 2.45) is 0 Å². The summed E-state index contributed by atoms with van der Waals surface area (Å²) in [6, 6.07) is 3.36. The van der Waals surface area contributed by atoms with E-state index in [9.17, 15) is 8.42 Å². The van der Waals surface area contributed by atoms with Gasteiger partial charge in [0.05, 0.1) is 24.3 Å². The number of morpholine rings is 1.